The van der Waals surface area contributed by atoms with E-state index < -0.39 is 0 Å². The molecule has 0 saturated carbocycles. The summed E-state index contributed by atoms with van der Waals surface area (Å²) in [5, 5.41) is 0. The van der Waals surface area contributed by atoms with Crippen LogP contribution in [0.1, 0.15) is 44.0 Å². The highest BCUT2D eigenvalue weighted by Crippen LogP contribution is 2.26. The van der Waals surface area contributed by atoms with Gasteiger partial charge in [0.2, 0.25) is 5.91 Å². The Morgan fingerprint density at radius 3 is 3.05 bits per heavy atom. The van der Waals surface area contributed by atoms with Gasteiger partial charge >= 0.3 is 0 Å². The third-order valence-electron chi connectivity index (χ3n) is 4.55. The average Bonchev–Trinajstić information content (AvgIpc) is 3.10. The zero-order valence-electron chi connectivity index (χ0n) is 12.2. The summed E-state index contributed by atoms with van der Waals surface area (Å²) in [7, 11) is 0. The van der Waals surface area contributed by atoms with Crippen LogP contribution < -0.4 is 0 Å². The summed E-state index contributed by atoms with van der Waals surface area (Å²) in [4.78, 5) is 18.8. The molecule has 2 aliphatic rings. The number of hydrogen-bond donors (Lipinski definition) is 0. The fraction of sp³-hybridized carbons (Fsp3) is 0.625. The smallest absolute Gasteiger partial charge is 0.223 e. The Balaban J connectivity index is 1.61. The lowest BCUT2D eigenvalue weighted by molar-refractivity contribution is -0.133. The number of carbonyl (C=O) groups excluding carboxylic acids is 1. The zero-order chi connectivity index (χ0) is 13.9. The summed E-state index contributed by atoms with van der Waals surface area (Å²) in [5.41, 5.74) is 0. The van der Waals surface area contributed by atoms with Gasteiger partial charge in [-0.2, -0.15) is 0 Å². The predicted octanol–water partition coefficient (Wildman–Crippen LogP) is 2.71. The first-order valence-corrected chi connectivity index (χ1v) is 7.68. The highest BCUT2D eigenvalue weighted by atomic mass is 16.2. The van der Waals surface area contributed by atoms with E-state index in [0.717, 1.165) is 44.6 Å². The van der Waals surface area contributed by atoms with E-state index in [4.69, 9.17) is 0 Å². The second kappa shape index (κ2) is 5.81. The van der Waals surface area contributed by atoms with Gasteiger partial charge < -0.3 is 9.47 Å². The molecule has 0 radical (unpaired) electrons. The molecule has 1 amide bonds. The molecule has 1 aromatic heterocycles. The van der Waals surface area contributed by atoms with Gasteiger partial charge in [-0.05, 0) is 38.5 Å². The molecule has 4 heteroatoms. The maximum atomic E-state index is 12.4. The highest BCUT2D eigenvalue weighted by molar-refractivity contribution is 5.76. The number of aromatic nitrogens is 2. The lowest BCUT2D eigenvalue weighted by Crippen LogP contribution is -2.41. The number of nitrogens with zero attached hydrogens (tertiary/aromatic N) is 3. The summed E-state index contributed by atoms with van der Waals surface area (Å²) >= 11 is 0. The Morgan fingerprint density at radius 2 is 2.35 bits per heavy atom. The van der Waals surface area contributed by atoms with E-state index in [1.54, 1.807) is 0 Å². The van der Waals surface area contributed by atoms with Gasteiger partial charge in [-0.1, -0.05) is 12.2 Å². The first-order valence-electron chi connectivity index (χ1n) is 7.68. The highest BCUT2D eigenvalue weighted by Gasteiger charge is 2.26. The molecular weight excluding hydrogens is 250 g/mol. The monoisotopic (exact) mass is 273 g/mol. The van der Waals surface area contributed by atoms with Crippen molar-refractivity contribution in [2.45, 2.75) is 45.1 Å². The van der Waals surface area contributed by atoms with Gasteiger partial charge in [-0.15, -0.1) is 0 Å². The molecule has 4 nitrogen and oxygen atoms in total. The number of piperidine rings is 1. The molecule has 0 spiro atoms. The van der Waals surface area contributed by atoms with E-state index in [0.29, 0.717) is 24.3 Å². The minimum absolute atomic E-state index is 0.323. The van der Waals surface area contributed by atoms with Crippen molar-refractivity contribution in [1.29, 1.82) is 0 Å². The number of rotatable bonds is 3. The third kappa shape index (κ3) is 2.79. The van der Waals surface area contributed by atoms with E-state index in [-0.39, 0.29) is 0 Å². The first kappa shape index (κ1) is 13.4. The average molecular weight is 273 g/mol. The predicted molar refractivity (Wildman–Crippen MR) is 78.3 cm³/mol. The largest absolute Gasteiger partial charge is 0.341 e. The van der Waals surface area contributed by atoms with E-state index in [9.17, 15) is 4.79 Å². The number of imidazole rings is 1. The van der Waals surface area contributed by atoms with Crippen LogP contribution in [0.4, 0.5) is 0 Å². The Labute approximate surface area is 120 Å². The zero-order valence-corrected chi connectivity index (χ0v) is 12.2. The minimum atomic E-state index is 0.323. The van der Waals surface area contributed by atoms with Crippen LogP contribution in [-0.4, -0.2) is 33.4 Å². The fourth-order valence-corrected chi connectivity index (χ4v) is 3.40. The van der Waals surface area contributed by atoms with Gasteiger partial charge in [0, 0.05) is 31.9 Å². The summed E-state index contributed by atoms with van der Waals surface area (Å²) in [6.07, 6.45) is 13.5. The number of aryl methyl sites for hydroxylation is 1. The van der Waals surface area contributed by atoms with E-state index >= 15 is 0 Å². The summed E-state index contributed by atoms with van der Waals surface area (Å²) in [5.74, 6) is 1.84. The van der Waals surface area contributed by atoms with E-state index in [1.807, 2.05) is 19.3 Å². The van der Waals surface area contributed by atoms with Crippen molar-refractivity contribution < 1.29 is 4.79 Å². The van der Waals surface area contributed by atoms with Gasteiger partial charge in [0.15, 0.2) is 0 Å². The van der Waals surface area contributed by atoms with Gasteiger partial charge in [-0.25, -0.2) is 4.98 Å². The molecule has 0 bridgehead atoms. The van der Waals surface area contributed by atoms with E-state index in [1.165, 1.54) is 0 Å². The van der Waals surface area contributed by atoms with Crippen molar-refractivity contribution >= 4 is 5.91 Å². The maximum absolute atomic E-state index is 12.4. The van der Waals surface area contributed by atoms with Gasteiger partial charge in [0.25, 0.3) is 0 Å². The quantitative estimate of drug-likeness (QED) is 0.794. The van der Waals surface area contributed by atoms with Gasteiger partial charge in [-0.3, -0.25) is 4.79 Å². The van der Waals surface area contributed by atoms with Crippen molar-refractivity contribution in [2.24, 2.45) is 5.92 Å². The molecular formula is C16H23N3O. The SMILES string of the molecule is Cc1nccn1[C@@H]1CCCN(C(=O)C[C@H]2C=CCC2)C1. The lowest BCUT2D eigenvalue weighted by Gasteiger charge is -2.34. The van der Waals surface area contributed by atoms with Crippen LogP contribution in [0.5, 0.6) is 0 Å². The lowest BCUT2D eigenvalue weighted by atomic mass is 10.0. The van der Waals surface area contributed by atoms with Crippen molar-refractivity contribution in [1.82, 2.24) is 14.5 Å². The molecule has 0 unspecified atom stereocenters. The summed E-state index contributed by atoms with van der Waals surface area (Å²) in [6.45, 7) is 3.79. The molecule has 0 N–H and O–H groups in total. The van der Waals surface area contributed by atoms with Crippen LogP contribution in [0.25, 0.3) is 0 Å². The van der Waals surface area contributed by atoms with Crippen LogP contribution in [-0.2, 0) is 4.79 Å². The Bertz CT molecular complexity index is 506. The Hall–Kier alpha value is -1.58. The molecule has 1 aliphatic heterocycles. The van der Waals surface area contributed by atoms with Gasteiger partial charge in [0.05, 0.1) is 6.04 Å². The molecule has 108 valence electrons. The molecule has 1 aromatic rings. The third-order valence-corrected chi connectivity index (χ3v) is 4.55. The molecule has 2 atom stereocenters. The molecule has 1 fully saturated rings. The van der Waals surface area contributed by atoms with Crippen LogP contribution >= 0.6 is 0 Å². The second-order valence-electron chi connectivity index (χ2n) is 5.99. The molecule has 3 rings (SSSR count). The Kier molecular flexibility index (Phi) is 3.90. The van der Waals surface area contributed by atoms with Crippen LogP contribution in [0, 0.1) is 12.8 Å². The molecule has 20 heavy (non-hydrogen) atoms. The number of amides is 1. The summed E-state index contributed by atoms with van der Waals surface area (Å²) < 4.78 is 2.22. The molecule has 1 saturated heterocycles. The van der Waals surface area contributed by atoms with Crippen molar-refractivity contribution in [2.75, 3.05) is 13.1 Å². The number of allylic oxidation sites excluding steroid dienone is 2. The van der Waals surface area contributed by atoms with Crippen LogP contribution in [0.2, 0.25) is 0 Å². The van der Waals surface area contributed by atoms with Crippen molar-refractivity contribution in [3.05, 3.63) is 30.4 Å². The number of likely N-dealkylation sites (tertiary alicyclic amines) is 1. The van der Waals surface area contributed by atoms with E-state index in [2.05, 4.69) is 26.6 Å². The topological polar surface area (TPSA) is 38.1 Å². The molecule has 1 aliphatic carbocycles. The molecule has 2 heterocycles. The number of hydrogen-bond acceptors (Lipinski definition) is 2. The normalized spacial score (nSPS) is 26.1. The maximum Gasteiger partial charge on any atom is 0.223 e. The minimum Gasteiger partial charge on any atom is -0.341 e. The van der Waals surface area contributed by atoms with Crippen molar-refractivity contribution in [3.8, 4) is 0 Å². The fourth-order valence-electron chi connectivity index (χ4n) is 3.40. The Morgan fingerprint density at radius 1 is 1.45 bits per heavy atom. The second-order valence-corrected chi connectivity index (χ2v) is 5.99. The number of carbonyl (C=O) groups is 1. The van der Waals surface area contributed by atoms with Gasteiger partial charge in [0.1, 0.15) is 5.82 Å². The first-order chi connectivity index (χ1) is 9.74. The molecule has 0 aromatic carbocycles. The van der Waals surface area contributed by atoms with Crippen LogP contribution in [0.3, 0.4) is 0 Å². The van der Waals surface area contributed by atoms with Crippen molar-refractivity contribution in [3.63, 3.8) is 0 Å². The summed E-state index contributed by atoms with van der Waals surface area (Å²) in [6, 6.07) is 0.398. The standard InChI is InChI=1S/C16H23N3O/c1-13-17-8-10-19(13)15-7-4-9-18(12-15)16(20)11-14-5-2-3-6-14/h2,5,8,10,14-15H,3-4,6-7,9,11-12H2,1H3/t14-,15+/m0/s1. The van der Waals surface area contributed by atoms with Crippen LogP contribution in [0.15, 0.2) is 24.5 Å².